The Hall–Kier alpha value is -2.20. The first-order valence-corrected chi connectivity index (χ1v) is 9.45. The zero-order chi connectivity index (χ0) is 16.9. The molecular formula is C20H21N3S. The maximum Gasteiger partial charge on any atom is 0.209 e. The summed E-state index contributed by atoms with van der Waals surface area (Å²) in [7, 11) is 0. The Labute approximate surface area is 147 Å². The van der Waals surface area contributed by atoms with Gasteiger partial charge in [-0.3, -0.25) is 0 Å². The van der Waals surface area contributed by atoms with Gasteiger partial charge in [-0.2, -0.15) is 0 Å². The normalized spacial score (nSPS) is 10.8. The van der Waals surface area contributed by atoms with Gasteiger partial charge in [0.2, 0.25) is 5.16 Å². The summed E-state index contributed by atoms with van der Waals surface area (Å²) in [4.78, 5) is 4.73. The number of aryl methyl sites for hydroxylation is 2. The van der Waals surface area contributed by atoms with E-state index in [0.717, 1.165) is 35.4 Å². The smallest absolute Gasteiger partial charge is 0.209 e. The molecule has 3 nitrogen and oxygen atoms in total. The molecule has 4 heteroatoms. The van der Waals surface area contributed by atoms with Crippen molar-refractivity contribution in [2.45, 2.75) is 31.8 Å². The lowest BCUT2D eigenvalue weighted by Gasteiger charge is -2.10. The van der Waals surface area contributed by atoms with E-state index >= 15 is 0 Å². The van der Waals surface area contributed by atoms with Gasteiger partial charge in [0, 0.05) is 11.1 Å². The van der Waals surface area contributed by atoms with E-state index in [9.17, 15) is 0 Å². The number of thioether (sulfide) groups is 1. The van der Waals surface area contributed by atoms with Crippen LogP contribution >= 0.6 is 11.8 Å². The Balaban J connectivity index is 2.10. The first-order chi connectivity index (χ1) is 11.7. The summed E-state index contributed by atoms with van der Waals surface area (Å²) in [5, 5.41) is 9.39. The first-order valence-electron chi connectivity index (χ1n) is 8.22. The van der Waals surface area contributed by atoms with Crippen molar-refractivity contribution in [1.29, 1.82) is 0 Å². The van der Waals surface area contributed by atoms with Gasteiger partial charge in [0.05, 0.1) is 0 Å². The predicted molar refractivity (Wildman–Crippen MR) is 101 cm³/mol. The van der Waals surface area contributed by atoms with Crippen molar-refractivity contribution < 1.29 is 0 Å². The van der Waals surface area contributed by atoms with Gasteiger partial charge in [-0.15, -0.1) is 10.2 Å². The lowest BCUT2D eigenvalue weighted by Crippen LogP contribution is -1.99. The molecule has 0 aliphatic rings. The lowest BCUT2D eigenvalue weighted by molar-refractivity contribution is 0.852. The molecule has 0 saturated heterocycles. The molecule has 0 radical (unpaired) electrons. The standard InChI is InChI=1S/C20H21N3S/c1-4-14-6-10-16(11-7-14)18-19(22-23-20(21-18)24-3)17-12-8-15(5-2)9-13-17/h6-13H,4-5H2,1-3H3. The summed E-state index contributed by atoms with van der Waals surface area (Å²) in [6.45, 7) is 4.32. The van der Waals surface area contributed by atoms with E-state index in [1.165, 1.54) is 22.9 Å². The summed E-state index contributed by atoms with van der Waals surface area (Å²) in [6.07, 6.45) is 4.03. The van der Waals surface area contributed by atoms with Crippen LogP contribution in [0.15, 0.2) is 53.7 Å². The number of nitrogens with zero attached hydrogens (tertiary/aromatic N) is 3. The van der Waals surface area contributed by atoms with Crippen LogP contribution in [0.4, 0.5) is 0 Å². The second-order valence-corrected chi connectivity index (χ2v) is 6.37. The second kappa shape index (κ2) is 7.58. The Bertz CT molecular complexity index is 811. The molecule has 1 aromatic heterocycles. The Morgan fingerprint density at radius 3 is 1.67 bits per heavy atom. The molecule has 0 saturated carbocycles. The summed E-state index contributed by atoms with van der Waals surface area (Å²) in [5.41, 5.74) is 6.48. The fraction of sp³-hybridized carbons (Fsp3) is 0.250. The predicted octanol–water partition coefficient (Wildman–Crippen LogP) is 5.05. The molecule has 3 rings (SSSR count). The van der Waals surface area contributed by atoms with Gasteiger partial charge >= 0.3 is 0 Å². The minimum Gasteiger partial charge on any atom is -0.219 e. The summed E-state index contributed by atoms with van der Waals surface area (Å²) in [5.74, 6) is 0. The van der Waals surface area contributed by atoms with E-state index in [1.807, 2.05) is 6.26 Å². The van der Waals surface area contributed by atoms with Crippen molar-refractivity contribution >= 4 is 11.8 Å². The number of rotatable bonds is 5. The molecule has 0 N–H and O–H groups in total. The molecule has 0 unspecified atom stereocenters. The van der Waals surface area contributed by atoms with Gasteiger partial charge < -0.3 is 0 Å². The quantitative estimate of drug-likeness (QED) is 0.611. The van der Waals surface area contributed by atoms with Crippen LogP contribution in [-0.4, -0.2) is 21.4 Å². The van der Waals surface area contributed by atoms with Crippen molar-refractivity contribution in [3.8, 4) is 22.5 Å². The third-order valence-electron chi connectivity index (χ3n) is 4.12. The van der Waals surface area contributed by atoms with E-state index in [-0.39, 0.29) is 0 Å². The first kappa shape index (κ1) is 16.7. The molecule has 3 aromatic rings. The zero-order valence-corrected chi connectivity index (χ0v) is 15.1. The molecule has 0 aliphatic heterocycles. The van der Waals surface area contributed by atoms with E-state index in [4.69, 9.17) is 4.98 Å². The average Bonchev–Trinajstić information content (AvgIpc) is 2.67. The molecule has 122 valence electrons. The SMILES string of the molecule is CCc1ccc(-c2nnc(SC)nc2-c2ccc(CC)cc2)cc1. The summed E-state index contributed by atoms with van der Waals surface area (Å²) in [6, 6.07) is 17.0. The fourth-order valence-corrected chi connectivity index (χ4v) is 2.89. The molecule has 0 atom stereocenters. The monoisotopic (exact) mass is 335 g/mol. The number of hydrogen-bond donors (Lipinski definition) is 0. The molecule has 24 heavy (non-hydrogen) atoms. The maximum absolute atomic E-state index is 4.73. The topological polar surface area (TPSA) is 38.7 Å². The van der Waals surface area contributed by atoms with Crippen molar-refractivity contribution in [2.24, 2.45) is 0 Å². The molecule has 0 fully saturated rings. The molecule has 0 bridgehead atoms. The number of aromatic nitrogens is 3. The van der Waals surface area contributed by atoms with Gasteiger partial charge in [0.15, 0.2) is 0 Å². The van der Waals surface area contributed by atoms with Crippen molar-refractivity contribution in [2.75, 3.05) is 6.26 Å². The zero-order valence-electron chi connectivity index (χ0n) is 14.3. The third kappa shape index (κ3) is 3.49. The molecule has 0 spiro atoms. The maximum atomic E-state index is 4.73. The van der Waals surface area contributed by atoms with Crippen LogP contribution in [0.3, 0.4) is 0 Å². The molecule has 2 aromatic carbocycles. The third-order valence-corrected chi connectivity index (χ3v) is 4.66. The lowest BCUT2D eigenvalue weighted by atomic mass is 10.0. The number of benzene rings is 2. The van der Waals surface area contributed by atoms with Gasteiger partial charge in [-0.1, -0.05) is 74.1 Å². The van der Waals surface area contributed by atoms with Crippen LogP contribution in [0.5, 0.6) is 0 Å². The van der Waals surface area contributed by atoms with E-state index in [1.54, 1.807) is 0 Å². The van der Waals surface area contributed by atoms with Gasteiger partial charge in [0.25, 0.3) is 0 Å². The van der Waals surface area contributed by atoms with E-state index in [2.05, 4.69) is 72.6 Å². The van der Waals surface area contributed by atoms with Crippen molar-refractivity contribution in [1.82, 2.24) is 15.2 Å². The highest BCUT2D eigenvalue weighted by atomic mass is 32.2. The van der Waals surface area contributed by atoms with Crippen LogP contribution in [-0.2, 0) is 12.8 Å². The van der Waals surface area contributed by atoms with Crippen LogP contribution < -0.4 is 0 Å². The highest BCUT2D eigenvalue weighted by molar-refractivity contribution is 7.98. The molecule has 0 amide bonds. The second-order valence-electron chi connectivity index (χ2n) is 5.60. The van der Waals surface area contributed by atoms with Crippen LogP contribution in [0.25, 0.3) is 22.5 Å². The van der Waals surface area contributed by atoms with Crippen LogP contribution in [0.1, 0.15) is 25.0 Å². The summed E-state index contributed by atoms with van der Waals surface area (Å²) >= 11 is 1.51. The minimum atomic E-state index is 0.693. The Kier molecular flexibility index (Phi) is 5.26. The van der Waals surface area contributed by atoms with Crippen molar-refractivity contribution in [3.05, 3.63) is 59.7 Å². The van der Waals surface area contributed by atoms with Crippen LogP contribution in [0.2, 0.25) is 0 Å². The van der Waals surface area contributed by atoms with Gasteiger partial charge in [-0.25, -0.2) is 4.98 Å². The summed E-state index contributed by atoms with van der Waals surface area (Å²) < 4.78 is 0. The highest BCUT2D eigenvalue weighted by Gasteiger charge is 2.13. The van der Waals surface area contributed by atoms with Crippen LogP contribution in [0, 0.1) is 0 Å². The number of hydrogen-bond acceptors (Lipinski definition) is 4. The molecule has 0 aliphatic carbocycles. The van der Waals surface area contributed by atoms with E-state index in [0.29, 0.717) is 5.16 Å². The average molecular weight is 335 g/mol. The highest BCUT2D eigenvalue weighted by Crippen LogP contribution is 2.30. The Morgan fingerprint density at radius 2 is 1.21 bits per heavy atom. The largest absolute Gasteiger partial charge is 0.219 e. The van der Waals surface area contributed by atoms with Gasteiger partial charge in [-0.05, 0) is 30.2 Å². The minimum absolute atomic E-state index is 0.693. The van der Waals surface area contributed by atoms with E-state index < -0.39 is 0 Å². The fourth-order valence-electron chi connectivity index (χ4n) is 2.59. The Morgan fingerprint density at radius 1 is 0.708 bits per heavy atom. The molecule has 1 heterocycles. The van der Waals surface area contributed by atoms with Crippen molar-refractivity contribution in [3.63, 3.8) is 0 Å². The van der Waals surface area contributed by atoms with Gasteiger partial charge in [0.1, 0.15) is 11.4 Å². The molecular weight excluding hydrogens is 314 g/mol.